The van der Waals surface area contributed by atoms with Gasteiger partial charge < -0.3 is 14.8 Å². The van der Waals surface area contributed by atoms with Gasteiger partial charge in [-0.25, -0.2) is 4.79 Å². The Labute approximate surface area is 144 Å². The minimum atomic E-state index is -4.42. The summed E-state index contributed by atoms with van der Waals surface area (Å²) in [5.41, 5.74) is -0.742. The highest BCUT2D eigenvalue weighted by molar-refractivity contribution is 5.69. The maximum absolute atomic E-state index is 12.9. The van der Waals surface area contributed by atoms with E-state index in [0.29, 0.717) is 18.7 Å². The van der Waals surface area contributed by atoms with Crippen LogP contribution in [0.3, 0.4) is 0 Å². The zero-order chi connectivity index (χ0) is 18.4. The number of ether oxygens (including phenoxy) is 2. The number of amides is 1. The number of hydrogen-bond acceptors (Lipinski definition) is 4. The fraction of sp³-hybridized carbons (Fsp3) is 0.588. The average Bonchev–Trinajstić information content (AvgIpc) is 2.51. The van der Waals surface area contributed by atoms with E-state index in [-0.39, 0.29) is 24.4 Å². The second-order valence-electron chi connectivity index (χ2n) is 7.23. The van der Waals surface area contributed by atoms with Gasteiger partial charge in [0.1, 0.15) is 18.0 Å². The van der Waals surface area contributed by atoms with Gasteiger partial charge in [-0.05, 0) is 32.9 Å². The predicted octanol–water partition coefficient (Wildman–Crippen LogP) is 3.35. The summed E-state index contributed by atoms with van der Waals surface area (Å²) in [6.07, 6.45) is -4.86. The maximum Gasteiger partial charge on any atom is 0.416 e. The van der Waals surface area contributed by atoms with E-state index in [1.165, 1.54) is 6.07 Å². The molecule has 2 aliphatic heterocycles. The van der Waals surface area contributed by atoms with Crippen molar-refractivity contribution < 1.29 is 27.4 Å². The maximum atomic E-state index is 12.9. The summed E-state index contributed by atoms with van der Waals surface area (Å²) in [7, 11) is 0. The molecule has 2 unspecified atom stereocenters. The van der Waals surface area contributed by atoms with Crippen LogP contribution in [0.2, 0.25) is 0 Å². The zero-order valence-corrected chi connectivity index (χ0v) is 14.3. The van der Waals surface area contributed by atoms with Gasteiger partial charge >= 0.3 is 12.3 Å². The first-order chi connectivity index (χ1) is 11.6. The molecule has 0 aromatic heterocycles. The summed E-state index contributed by atoms with van der Waals surface area (Å²) >= 11 is 0. The Balaban J connectivity index is 1.85. The summed E-state index contributed by atoms with van der Waals surface area (Å²) in [4.78, 5) is 14.0. The lowest BCUT2D eigenvalue weighted by molar-refractivity contribution is -0.137. The Morgan fingerprint density at radius 2 is 2.04 bits per heavy atom. The molecule has 2 heterocycles. The fourth-order valence-electron chi connectivity index (χ4n) is 3.14. The van der Waals surface area contributed by atoms with Crippen LogP contribution >= 0.6 is 0 Å². The van der Waals surface area contributed by atoms with Crippen molar-refractivity contribution in [2.75, 3.05) is 19.7 Å². The zero-order valence-electron chi connectivity index (χ0n) is 14.3. The Bertz CT molecular complexity index is 670. The molecule has 0 spiro atoms. The molecule has 1 N–H and O–H groups in total. The third-order valence-electron chi connectivity index (χ3n) is 4.22. The molecule has 1 saturated heterocycles. The fourth-order valence-corrected chi connectivity index (χ4v) is 3.14. The van der Waals surface area contributed by atoms with Gasteiger partial charge in [0.15, 0.2) is 0 Å². The summed E-state index contributed by atoms with van der Waals surface area (Å²) < 4.78 is 49.6. The van der Waals surface area contributed by atoms with Crippen LogP contribution in [-0.2, 0) is 10.9 Å². The number of nitrogens with one attached hydrogen (secondary N) is 1. The largest absolute Gasteiger partial charge is 0.491 e. The topological polar surface area (TPSA) is 50.8 Å². The van der Waals surface area contributed by atoms with Crippen LogP contribution in [0.5, 0.6) is 5.75 Å². The van der Waals surface area contributed by atoms with Gasteiger partial charge in [0, 0.05) is 18.7 Å². The molecular formula is C17H21F3N2O3. The van der Waals surface area contributed by atoms with Crippen molar-refractivity contribution in [2.45, 2.75) is 44.6 Å². The Morgan fingerprint density at radius 1 is 1.32 bits per heavy atom. The van der Waals surface area contributed by atoms with Gasteiger partial charge in [-0.2, -0.15) is 13.2 Å². The number of carbonyl (C=O) groups excluding carboxylic acids is 1. The van der Waals surface area contributed by atoms with Crippen LogP contribution in [0.4, 0.5) is 18.0 Å². The van der Waals surface area contributed by atoms with E-state index in [1.54, 1.807) is 25.7 Å². The molecule has 0 bridgehead atoms. The molecule has 0 radical (unpaired) electrons. The first-order valence-electron chi connectivity index (χ1n) is 8.13. The molecule has 1 aromatic rings. The summed E-state index contributed by atoms with van der Waals surface area (Å²) in [6, 6.07) is 2.86. The van der Waals surface area contributed by atoms with Crippen LogP contribution in [0.1, 0.15) is 37.9 Å². The Kier molecular flexibility index (Phi) is 4.35. The number of alkyl halides is 3. The number of piperazine rings is 1. The van der Waals surface area contributed by atoms with E-state index in [9.17, 15) is 18.0 Å². The Hall–Kier alpha value is -1.96. The molecular weight excluding hydrogens is 337 g/mol. The number of hydrogen-bond donors (Lipinski definition) is 1. The number of fused-ring (bicyclic) bond motifs is 3. The van der Waals surface area contributed by atoms with Crippen LogP contribution < -0.4 is 10.1 Å². The van der Waals surface area contributed by atoms with Gasteiger partial charge in [-0.15, -0.1) is 0 Å². The van der Waals surface area contributed by atoms with Crippen molar-refractivity contribution >= 4 is 6.09 Å². The van der Waals surface area contributed by atoms with Crippen molar-refractivity contribution in [3.05, 3.63) is 29.3 Å². The van der Waals surface area contributed by atoms with Crippen molar-refractivity contribution in [2.24, 2.45) is 0 Å². The van der Waals surface area contributed by atoms with E-state index < -0.39 is 23.4 Å². The lowest BCUT2D eigenvalue weighted by Crippen LogP contribution is -2.59. The minimum absolute atomic E-state index is 0.116. The number of halogens is 3. The summed E-state index contributed by atoms with van der Waals surface area (Å²) in [5.74, 6) is 0.203. The van der Waals surface area contributed by atoms with Gasteiger partial charge in [-0.3, -0.25) is 4.90 Å². The molecule has 2 aliphatic rings. The molecule has 3 rings (SSSR count). The summed E-state index contributed by atoms with van der Waals surface area (Å²) in [5, 5.41) is 3.27. The standard InChI is InChI=1S/C17H21F3N2O3/c1-16(2,3)25-15(23)22-7-6-21-14-11-5-4-10(17(18,19)20)8-13(11)24-9-12(14)22/h4-5,8,12,14,21H,6-7,9H2,1-3H3. The van der Waals surface area contributed by atoms with Crippen LogP contribution in [-0.4, -0.2) is 42.3 Å². The van der Waals surface area contributed by atoms with Crippen molar-refractivity contribution in [3.8, 4) is 5.75 Å². The van der Waals surface area contributed by atoms with Crippen molar-refractivity contribution in [1.29, 1.82) is 0 Å². The lowest BCUT2D eigenvalue weighted by atomic mass is 9.92. The van der Waals surface area contributed by atoms with E-state index in [2.05, 4.69) is 5.32 Å². The molecule has 1 fully saturated rings. The van der Waals surface area contributed by atoms with Gasteiger partial charge in [0.2, 0.25) is 0 Å². The predicted molar refractivity (Wildman–Crippen MR) is 84.4 cm³/mol. The third-order valence-corrected chi connectivity index (χ3v) is 4.22. The van der Waals surface area contributed by atoms with Crippen molar-refractivity contribution in [3.63, 3.8) is 0 Å². The number of nitrogens with zero attached hydrogens (tertiary/aromatic N) is 1. The monoisotopic (exact) mass is 358 g/mol. The number of rotatable bonds is 0. The van der Waals surface area contributed by atoms with Crippen LogP contribution in [0.25, 0.3) is 0 Å². The highest BCUT2D eigenvalue weighted by Crippen LogP contribution is 2.40. The minimum Gasteiger partial charge on any atom is -0.491 e. The first kappa shape index (κ1) is 17.8. The quantitative estimate of drug-likeness (QED) is 0.773. The molecule has 0 saturated carbocycles. The highest BCUT2D eigenvalue weighted by atomic mass is 19.4. The first-order valence-corrected chi connectivity index (χ1v) is 8.13. The van der Waals surface area contributed by atoms with E-state index >= 15 is 0 Å². The second-order valence-corrected chi connectivity index (χ2v) is 7.23. The lowest BCUT2D eigenvalue weighted by Gasteiger charge is -2.44. The molecule has 25 heavy (non-hydrogen) atoms. The second kappa shape index (κ2) is 6.09. The molecule has 138 valence electrons. The highest BCUT2D eigenvalue weighted by Gasteiger charge is 2.42. The molecule has 1 aromatic carbocycles. The number of carbonyl (C=O) groups is 1. The van der Waals surface area contributed by atoms with E-state index in [1.807, 2.05) is 0 Å². The summed E-state index contributed by atoms with van der Waals surface area (Å²) in [6.45, 7) is 6.46. The van der Waals surface area contributed by atoms with E-state index in [0.717, 1.165) is 12.1 Å². The smallest absolute Gasteiger partial charge is 0.416 e. The van der Waals surface area contributed by atoms with Crippen LogP contribution in [0.15, 0.2) is 18.2 Å². The molecule has 5 nitrogen and oxygen atoms in total. The van der Waals surface area contributed by atoms with Gasteiger partial charge in [0.25, 0.3) is 0 Å². The van der Waals surface area contributed by atoms with Crippen LogP contribution in [0, 0.1) is 0 Å². The molecule has 2 atom stereocenters. The van der Waals surface area contributed by atoms with Gasteiger partial charge in [0.05, 0.1) is 17.6 Å². The normalized spacial score (nSPS) is 23.4. The Morgan fingerprint density at radius 3 is 2.68 bits per heavy atom. The number of benzene rings is 1. The molecule has 0 aliphatic carbocycles. The average molecular weight is 358 g/mol. The molecule has 1 amide bonds. The van der Waals surface area contributed by atoms with E-state index in [4.69, 9.17) is 9.47 Å². The van der Waals surface area contributed by atoms with Crippen molar-refractivity contribution in [1.82, 2.24) is 10.2 Å². The molecule has 8 heteroatoms. The van der Waals surface area contributed by atoms with Gasteiger partial charge in [-0.1, -0.05) is 6.07 Å². The third kappa shape index (κ3) is 3.68. The SMILES string of the molecule is CC(C)(C)OC(=O)N1CCNC2c3ccc(C(F)(F)F)cc3OCC21.